The van der Waals surface area contributed by atoms with Crippen LogP contribution in [0.4, 0.5) is 5.69 Å². The fourth-order valence-electron chi connectivity index (χ4n) is 2.56. The molecule has 1 aromatic rings. The zero-order chi connectivity index (χ0) is 15.3. The summed E-state index contributed by atoms with van der Waals surface area (Å²) in [7, 11) is 1.45. The van der Waals surface area contributed by atoms with Crippen molar-refractivity contribution in [1.29, 1.82) is 0 Å². The van der Waals surface area contributed by atoms with E-state index in [2.05, 4.69) is 4.98 Å². The number of aromatic nitrogens is 1. The van der Waals surface area contributed by atoms with Crippen LogP contribution in [0.5, 0.6) is 11.8 Å². The Balaban J connectivity index is 2.12. The molecule has 21 heavy (non-hydrogen) atoms. The first-order valence-corrected chi connectivity index (χ1v) is 7.15. The van der Waals surface area contributed by atoms with Gasteiger partial charge in [0.25, 0.3) is 5.88 Å². The third-order valence-electron chi connectivity index (χ3n) is 3.82. The lowest BCUT2D eigenvalue weighted by Gasteiger charge is -2.27. The van der Waals surface area contributed by atoms with Gasteiger partial charge in [0.2, 0.25) is 5.88 Å². The van der Waals surface area contributed by atoms with Crippen LogP contribution in [0.3, 0.4) is 0 Å². The number of hydrogen-bond donors (Lipinski definition) is 1. The van der Waals surface area contributed by atoms with E-state index in [0.717, 1.165) is 25.7 Å². The Kier molecular flexibility index (Phi) is 4.95. The van der Waals surface area contributed by atoms with Crippen molar-refractivity contribution >= 4 is 5.69 Å². The largest absolute Gasteiger partial charge is 0.481 e. The van der Waals surface area contributed by atoms with Crippen molar-refractivity contribution in [2.75, 3.05) is 13.7 Å². The molecule has 0 spiro atoms. The molecule has 1 heterocycles. The van der Waals surface area contributed by atoms with Crippen LogP contribution in [0.15, 0.2) is 12.1 Å². The summed E-state index contributed by atoms with van der Waals surface area (Å²) in [5, 5.41) is 11.0. The van der Waals surface area contributed by atoms with Gasteiger partial charge in [-0.15, -0.1) is 0 Å². The SMILES string of the molecule is COc1ccc([N+](=O)[O-])c(OCC2(N)CCCCCC2)n1. The molecule has 0 aliphatic heterocycles. The van der Waals surface area contributed by atoms with Crippen molar-refractivity contribution in [3.05, 3.63) is 22.2 Å². The predicted molar refractivity (Wildman–Crippen MR) is 77.6 cm³/mol. The number of methoxy groups -OCH3 is 1. The van der Waals surface area contributed by atoms with E-state index in [1.807, 2.05) is 0 Å². The minimum absolute atomic E-state index is 0.0339. The first-order valence-electron chi connectivity index (χ1n) is 7.15. The van der Waals surface area contributed by atoms with Crippen molar-refractivity contribution < 1.29 is 14.4 Å². The Morgan fingerprint density at radius 1 is 1.33 bits per heavy atom. The van der Waals surface area contributed by atoms with E-state index >= 15 is 0 Å². The van der Waals surface area contributed by atoms with Gasteiger partial charge in [0.05, 0.1) is 17.6 Å². The highest BCUT2D eigenvalue weighted by atomic mass is 16.6. The molecule has 0 amide bonds. The fourth-order valence-corrected chi connectivity index (χ4v) is 2.56. The molecule has 0 saturated heterocycles. The van der Waals surface area contributed by atoms with E-state index in [0.29, 0.717) is 0 Å². The lowest BCUT2D eigenvalue weighted by molar-refractivity contribution is -0.386. The molecule has 7 nitrogen and oxygen atoms in total. The number of nitro groups is 1. The van der Waals surface area contributed by atoms with Crippen molar-refractivity contribution in [1.82, 2.24) is 4.98 Å². The van der Waals surface area contributed by atoms with Gasteiger partial charge in [-0.1, -0.05) is 25.7 Å². The average Bonchev–Trinajstić information content (AvgIpc) is 2.70. The molecule has 0 atom stereocenters. The molecule has 2 N–H and O–H groups in total. The maximum absolute atomic E-state index is 11.0. The van der Waals surface area contributed by atoms with Crippen LogP contribution in [0.2, 0.25) is 0 Å². The van der Waals surface area contributed by atoms with Crippen LogP contribution in [0.25, 0.3) is 0 Å². The number of hydrogen-bond acceptors (Lipinski definition) is 6. The summed E-state index contributed by atoms with van der Waals surface area (Å²) in [6, 6.07) is 2.77. The van der Waals surface area contributed by atoms with Gasteiger partial charge in [-0.3, -0.25) is 10.1 Å². The molecule has 0 bridgehead atoms. The van der Waals surface area contributed by atoms with Gasteiger partial charge >= 0.3 is 5.69 Å². The minimum atomic E-state index is -0.516. The van der Waals surface area contributed by atoms with Gasteiger partial charge in [0.1, 0.15) is 6.61 Å². The molecule has 1 fully saturated rings. The third kappa shape index (κ3) is 4.04. The van der Waals surface area contributed by atoms with Crippen LogP contribution in [0.1, 0.15) is 38.5 Å². The molecular formula is C14H21N3O4. The second-order valence-electron chi connectivity index (χ2n) is 5.50. The zero-order valence-corrected chi connectivity index (χ0v) is 12.2. The number of nitrogens with zero attached hydrogens (tertiary/aromatic N) is 2. The molecule has 1 aliphatic carbocycles. The van der Waals surface area contributed by atoms with Crippen LogP contribution >= 0.6 is 0 Å². The standard InChI is InChI=1S/C14H21N3O4/c1-20-12-7-6-11(17(18)19)13(16-12)21-10-14(15)8-4-2-3-5-9-14/h6-7H,2-5,8-10,15H2,1H3. The summed E-state index contributed by atoms with van der Waals surface area (Å²) in [6.45, 7) is 0.230. The maximum Gasteiger partial charge on any atom is 0.331 e. The second kappa shape index (κ2) is 6.71. The van der Waals surface area contributed by atoms with E-state index in [4.69, 9.17) is 15.2 Å². The van der Waals surface area contributed by atoms with E-state index in [-0.39, 0.29) is 24.1 Å². The predicted octanol–water partition coefficient (Wildman–Crippen LogP) is 2.43. The normalized spacial score (nSPS) is 17.8. The molecule has 116 valence electrons. The summed E-state index contributed by atoms with van der Waals surface area (Å²) in [5.74, 6) is 0.246. The van der Waals surface area contributed by atoms with Crippen molar-refractivity contribution in [2.24, 2.45) is 5.73 Å². The molecule has 1 saturated carbocycles. The van der Waals surface area contributed by atoms with Gasteiger partial charge in [0.15, 0.2) is 0 Å². The molecule has 2 rings (SSSR count). The minimum Gasteiger partial charge on any atom is -0.481 e. The van der Waals surface area contributed by atoms with Crippen molar-refractivity contribution in [3.8, 4) is 11.8 Å². The Morgan fingerprint density at radius 3 is 2.57 bits per heavy atom. The molecule has 1 aliphatic rings. The van der Waals surface area contributed by atoms with Crippen LogP contribution in [-0.2, 0) is 0 Å². The smallest absolute Gasteiger partial charge is 0.331 e. The average molecular weight is 295 g/mol. The van der Waals surface area contributed by atoms with Gasteiger partial charge in [-0.05, 0) is 12.8 Å². The maximum atomic E-state index is 11.0. The Bertz CT molecular complexity index is 499. The molecule has 7 heteroatoms. The van der Waals surface area contributed by atoms with E-state index < -0.39 is 10.5 Å². The summed E-state index contributed by atoms with van der Waals surface area (Å²) in [6.07, 6.45) is 6.21. The van der Waals surface area contributed by atoms with Crippen molar-refractivity contribution in [3.63, 3.8) is 0 Å². The van der Waals surface area contributed by atoms with Gasteiger partial charge < -0.3 is 15.2 Å². The van der Waals surface area contributed by atoms with Crippen LogP contribution < -0.4 is 15.2 Å². The van der Waals surface area contributed by atoms with Crippen LogP contribution in [-0.4, -0.2) is 29.2 Å². The topological polar surface area (TPSA) is 101 Å². The fraction of sp³-hybridized carbons (Fsp3) is 0.643. The highest BCUT2D eigenvalue weighted by molar-refractivity contribution is 5.43. The molecule has 0 aromatic carbocycles. The van der Waals surface area contributed by atoms with E-state index in [9.17, 15) is 10.1 Å². The molecular weight excluding hydrogens is 274 g/mol. The lowest BCUT2D eigenvalue weighted by Crippen LogP contribution is -2.45. The summed E-state index contributed by atoms with van der Waals surface area (Å²) in [4.78, 5) is 14.5. The number of nitrogens with two attached hydrogens (primary N) is 1. The van der Waals surface area contributed by atoms with Gasteiger partial charge in [0, 0.05) is 12.1 Å². The zero-order valence-electron chi connectivity index (χ0n) is 12.2. The van der Waals surface area contributed by atoms with Gasteiger partial charge in [-0.25, -0.2) is 0 Å². The Morgan fingerprint density at radius 2 is 2.00 bits per heavy atom. The first-order chi connectivity index (χ1) is 10.0. The highest BCUT2D eigenvalue weighted by Crippen LogP contribution is 2.30. The lowest BCUT2D eigenvalue weighted by atomic mass is 9.93. The second-order valence-corrected chi connectivity index (χ2v) is 5.50. The summed E-state index contributed by atoms with van der Waals surface area (Å²) in [5.41, 5.74) is 5.74. The molecule has 0 unspecified atom stereocenters. The summed E-state index contributed by atoms with van der Waals surface area (Å²) < 4.78 is 10.6. The number of ether oxygens (including phenoxy) is 2. The van der Waals surface area contributed by atoms with Crippen LogP contribution in [0, 0.1) is 10.1 Å². The first kappa shape index (κ1) is 15.5. The molecule has 0 radical (unpaired) electrons. The monoisotopic (exact) mass is 295 g/mol. The third-order valence-corrected chi connectivity index (χ3v) is 3.82. The number of rotatable bonds is 5. The summed E-state index contributed by atoms with van der Waals surface area (Å²) >= 11 is 0. The van der Waals surface area contributed by atoms with E-state index in [1.165, 1.54) is 32.1 Å². The number of pyridine rings is 1. The van der Waals surface area contributed by atoms with Gasteiger partial charge in [-0.2, -0.15) is 4.98 Å². The van der Waals surface area contributed by atoms with Crippen molar-refractivity contribution in [2.45, 2.75) is 44.1 Å². The quantitative estimate of drug-likeness (QED) is 0.508. The molecule has 1 aromatic heterocycles. The highest BCUT2D eigenvalue weighted by Gasteiger charge is 2.29. The Labute approximate surface area is 123 Å². The Hall–Kier alpha value is -1.89. The van der Waals surface area contributed by atoms with E-state index in [1.54, 1.807) is 0 Å².